The average molecular weight is 267 g/mol. The Balaban J connectivity index is 2.02. The van der Waals surface area contributed by atoms with Crippen LogP contribution < -0.4 is 0 Å². The first-order valence-electron chi connectivity index (χ1n) is 6.50. The molecule has 106 valence electrons. The van der Waals surface area contributed by atoms with Crippen molar-refractivity contribution in [1.82, 2.24) is 14.7 Å². The van der Waals surface area contributed by atoms with Crippen LogP contribution >= 0.6 is 0 Å². The molecule has 6 nitrogen and oxygen atoms in total. The molecule has 0 bridgehead atoms. The second-order valence-corrected chi connectivity index (χ2v) is 5.64. The molecule has 2 heterocycles. The highest BCUT2D eigenvalue weighted by atomic mass is 16.6. The van der Waals surface area contributed by atoms with Gasteiger partial charge in [-0.1, -0.05) is 0 Å². The van der Waals surface area contributed by atoms with Gasteiger partial charge in [-0.25, -0.2) is 4.79 Å². The van der Waals surface area contributed by atoms with Gasteiger partial charge < -0.3 is 14.4 Å². The lowest BCUT2D eigenvalue weighted by Gasteiger charge is -2.27. The summed E-state index contributed by atoms with van der Waals surface area (Å²) in [6.45, 7) is 7.78. The Bertz CT molecular complexity index is 411. The highest BCUT2D eigenvalue weighted by Crippen LogP contribution is 2.15. The van der Waals surface area contributed by atoms with Crippen molar-refractivity contribution in [2.24, 2.45) is 0 Å². The molecule has 1 aromatic rings. The topological polar surface area (TPSA) is 56.6 Å². The molecule has 0 unspecified atom stereocenters. The standard InChI is InChI=1S/C13H21N3O3/c1-13(2,3)19-12(17)15-7-8-18-10-11(9-15)16-6-4-5-14-16/h4-6,11H,7-10H2,1-3H3/t11-/m0/s1. The van der Waals surface area contributed by atoms with Crippen molar-refractivity contribution in [3.05, 3.63) is 18.5 Å². The molecule has 6 heteroatoms. The molecule has 1 aliphatic heterocycles. The maximum absolute atomic E-state index is 12.1. The third kappa shape index (κ3) is 3.96. The molecule has 0 N–H and O–H groups in total. The highest BCUT2D eigenvalue weighted by Gasteiger charge is 2.27. The minimum atomic E-state index is -0.481. The van der Waals surface area contributed by atoms with E-state index in [-0.39, 0.29) is 12.1 Å². The van der Waals surface area contributed by atoms with Crippen molar-refractivity contribution in [1.29, 1.82) is 0 Å². The largest absolute Gasteiger partial charge is 0.444 e. The Kier molecular flexibility index (Phi) is 4.09. The molecular formula is C13H21N3O3. The van der Waals surface area contributed by atoms with Crippen LogP contribution in [0.4, 0.5) is 4.79 Å². The number of rotatable bonds is 1. The summed E-state index contributed by atoms with van der Waals surface area (Å²) < 4.78 is 12.8. The SMILES string of the molecule is CC(C)(C)OC(=O)N1CCOC[C@@H](n2cccn2)C1. The van der Waals surface area contributed by atoms with E-state index in [1.165, 1.54) is 0 Å². The van der Waals surface area contributed by atoms with Crippen LogP contribution in [0.15, 0.2) is 18.5 Å². The van der Waals surface area contributed by atoms with E-state index in [4.69, 9.17) is 9.47 Å². The lowest BCUT2D eigenvalue weighted by molar-refractivity contribution is 0.0234. The van der Waals surface area contributed by atoms with E-state index in [2.05, 4.69) is 5.10 Å². The number of aromatic nitrogens is 2. The van der Waals surface area contributed by atoms with Crippen LogP contribution in [0.25, 0.3) is 0 Å². The van der Waals surface area contributed by atoms with Gasteiger partial charge in [-0.05, 0) is 26.8 Å². The first-order valence-corrected chi connectivity index (χ1v) is 6.50. The number of carbonyl (C=O) groups is 1. The molecule has 1 atom stereocenters. The number of ether oxygens (including phenoxy) is 2. The predicted molar refractivity (Wildman–Crippen MR) is 69.9 cm³/mol. The van der Waals surface area contributed by atoms with E-state index in [9.17, 15) is 4.79 Å². The maximum atomic E-state index is 12.1. The molecule has 1 aliphatic rings. The fourth-order valence-electron chi connectivity index (χ4n) is 1.94. The monoisotopic (exact) mass is 267 g/mol. The van der Waals surface area contributed by atoms with Crippen LogP contribution in [0.3, 0.4) is 0 Å². The Morgan fingerprint density at radius 3 is 2.89 bits per heavy atom. The van der Waals surface area contributed by atoms with Crippen LogP contribution in [0.1, 0.15) is 26.8 Å². The van der Waals surface area contributed by atoms with E-state index in [0.29, 0.717) is 26.3 Å². The quantitative estimate of drug-likeness (QED) is 0.777. The molecule has 0 aromatic carbocycles. The van der Waals surface area contributed by atoms with E-state index >= 15 is 0 Å². The minimum Gasteiger partial charge on any atom is -0.444 e. The van der Waals surface area contributed by atoms with Crippen LogP contribution in [0.5, 0.6) is 0 Å². The van der Waals surface area contributed by atoms with Crippen molar-refractivity contribution in [3.8, 4) is 0 Å². The van der Waals surface area contributed by atoms with Gasteiger partial charge in [-0.2, -0.15) is 5.10 Å². The second kappa shape index (κ2) is 5.61. The molecule has 2 rings (SSSR count). The van der Waals surface area contributed by atoms with Gasteiger partial charge in [0.25, 0.3) is 0 Å². The van der Waals surface area contributed by atoms with Crippen LogP contribution in [0.2, 0.25) is 0 Å². The van der Waals surface area contributed by atoms with Gasteiger partial charge in [-0.3, -0.25) is 4.68 Å². The molecule has 19 heavy (non-hydrogen) atoms. The Morgan fingerprint density at radius 1 is 1.47 bits per heavy atom. The summed E-state index contributed by atoms with van der Waals surface area (Å²) in [4.78, 5) is 13.8. The summed E-state index contributed by atoms with van der Waals surface area (Å²) in [5.74, 6) is 0. The van der Waals surface area contributed by atoms with Crippen molar-refractivity contribution >= 4 is 6.09 Å². The molecule has 0 radical (unpaired) electrons. The lowest BCUT2D eigenvalue weighted by atomic mass is 10.2. The molecule has 1 saturated heterocycles. The maximum Gasteiger partial charge on any atom is 0.410 e. The fourth-order valence-corrected chi connectivity index (χ4v) is 1.94. The molecule has 0 aliphatic carbocycles. The van der Waals surface area contributed by atoms with Gasteiger partial charge >= 0.3 is 6.09 Å². The number of hydrogen-bond acceptors (Lipinski definition) is 4. The summed E-state index contributed by atoms with van der Waals surface area (Å²) in [5, 5.41) is 4.21. The number of hydrogen-bond donors (Lipinski definition) is 0. The van der Waals surface area contributed by atoms with Crippen LogP contribution in [-0.2, 0) is 9.47 Å². The van der Waals surface area contributed by atoms with Gasteiger partial charge in [0.05, 0.1) is 19.3 Å². The normalized spacial score (nSPS) is 21.0. The fraction of sp³-hybridized carbons (Fsp3) is 0.692. The van der Waals surface area contributed by atoms with E-state index in [0.717, 1.165) is 0 Å². The Morgan fingerprint density at radius 2 is 2.26 bits per heavy atom. The second-order valence-electron chi connectivity index (χ2n) is 5.64. The minimum absolute atomic E-state index is 0.0324. The zero-order valence-corrected chi connectivity index (χ0v) is 11.7. The molecule has 0 saturated carbocycles. The Labute approximate surface area is 113 Å². The van der Waals surface area contributed by atoms with Crippen molar-refractivity contribution in [3.63, 3.8) is 0 Å². The number of amides is 1. The number of nitrogens with zero attached hydrogens (tertiary/aromatic N) is 3. The molecule has 0 spiro atoms. The first kappa shape index (κ1) is 13.9. The lowest BCUT2D eigenvalue weighted by Crippen LogP contribution is -2.40. The van der Waals surface area contributed by atoms with Gasteiger partial charge in [0.1, 0.15) is 5.60 Å². The summed E-state index contributed by atoms with van der Waals surface area (Å²) in [6.07, 6.45) is 3.31. The third-order valence-corrected chi connectivity index (χ3v) is 2.80. The van der Waals surface area contributed by atoms with Gasteiger partial charge in [0.2, 0.25) is 0 Å². The third-order valence-electron chi connectivity index (χ3n) is 2.80. The zero-order chi connectivity index (χ0) is 13.9. The van der Waals surface area contributed by atoms with Crippen molar-refractivity contribution in [2.45, 2.75) is 32.4 Å². The van der Waals surface area contributed by atoms with Gasteiger partial charge in [-0.15, -0.1) is 0 Å². The summed E-state index contributed by atoms with van der Waals surface area (Å²) >= 11 is 0. The molecule has 1 amide bonds. The van der Waals surface area contributed by atoms with E-state index in [1.807, 2.05) is 37.7 Å². The Hall–Kier alpha value is -1.56. The van der Waals surface area contributed by atoms with E-state index < -0.39 is 5.60 Å². The number of carbonyl (C=O) groups excluding carboxylic acids is 1. The van der Waals surface area contributed by atoms with Crippen molar-refractivity contribution in [2.75, 3.05) is 26.3 Å². The first-order chi connectivity index (χ1) is 8.96. The van der Waals surface area contributed by atoms with Crippen molar-refractivity contribution < 1.29 is 14.3 Å². The summed E-state index contributed by atoms with van der Waals surface area (Å²) in [6, 6.07) is 1.90. The van der Waals surface area contributed by atoms with Gasteiger partial charge in [0, 0.05) is 25.5 Å². The van der Waals surface area contributed by atoms with Crippen LogP contribution in [-0.4, -0.2) is 52.7 Å². The molecule has 1 aromatic heterocycles. The molecule has 1 fully saturated rings. The van der Waals surface area contributed by atoms with Crippen LogP contribution in [0, 0.1) is 0 Å². The average Bonchev–Trinajstić information content (AvgIpc) is 2.71. The highest BCUT2D eigenvalue weighted by molar-refractivity contribution is 5.68. The predicted octanol–water partition coefficient (Wildman–Crippen LogP) is 1.69. The van der Waals surface area contributed by atoms with E-state index in [1.54, 1.807) is 11.1 Å². The summed E-state index contributed by atoms with van der Waals surface area (Å²) in [7, 11) is 0. The molecular weight excluding hydrogens is 246 g/mol. The zero-order valence-electron chi connectivity index (χ0n) is 11.7. The smallest absolute Gasteiger partial charge is 0.410 e. The summed E-state index contributed by atoms with van der Waals surface area (Å²) in [5.41, 5.74) is -0.481. The van der Waals surface area contributed by atoms with Gasteiger partial charge in [0.15, 0.2) is 0 Å².